The molecule has 1 saturated heterocycles. The molecule has 2 amide bonds. The van der Waals surface area contributed by atoms with Crippen LogP contribution in [0.2, 0.25) is 0 Å². The number of benzene rings is 1. The number of likely N-dealkylation sites (tertiary alicyclic amines) is 1. The molecule has 1 aromatic rings. The SMILES string of the molecule is N[C@@H](Cc1ccc(O)cc1)C(=O)N1CCC[C@@H]1C(=O)NC12CC3CC(CC(C3)C1)C2. The molecule has 6 nitrogen and oxygen atoms in total. The molecule has 162 valence electrons. The molecule has 30 heavy (non-hydrogen) atoms. The van der Waals surface area contributed by atoms with E-state index >= 15 is 0 Å². The number of hydrogen-bond donors (Lipinski definition) is 3. The van der Waals surface area contributed by atoms with Gasteiger partial charge in [0.1, 0.15) is 11.8 Å². The highest BCUT2D eigenvalue weighted by Crippen LogP contribution is 2.55. The average Bonchev–Trinajstić information content (AvgIpc) is 3.17. The molecule has 1 aromatic carbocycles. The molecule has 4 aliphatic carbocycles. The normalized spacial score (nSPS) is 35.4. The molecule has 4 bridgehead atoms. The van der Waals surface area contributed by atoms with Gasteiger partial charge in [-0.05, 0) is 93.2 Å². The van der Waals surface area contributed by atoms with Crippen LogP contribution in [0.5, 0.6) is 5.75 Å². The molecule has 5 aliphatic rings. The van der Waals surface area contributed by atoms with E-state index in [-0.39, 0.29) is 23.1 Å². The molecular formula is C24H33N3O3. The molecule has 1 heterocycles. The van der Waals surface area contributed by atoms with E-state index in [4.69, 9.17) is 5.73 Å². The predicted octanol–water partition coefficient (Wildman–Crippen LogP) is 2.34. The van der Waals surface area contributed by atoms with Crippen LogP contribution in [-0.4, -0.2) is 46.0 Å². The smallest absolute Gasteiger partial charge is 0.243 e. The van der Waals surface area contributed by atoms with Crippen LogP contribution >= 0.6 is 0 Å². The lowest BCUT2D eigenvalue weighted by molar-refractivity contribution is -0.141. The summed E-state index contributed by atoms with van der Waals surface area (Å²) in [5.74, 6) is 2.40. The van der Waals surface area contributed by atoms with E-state index in [2.05, 4.69) is 5.32 Å². The fourth-order valence-corrected chi connectivity index (χ4v) is 7.10. The lowest BCUT2D eigenvalue weighted by Crippen LogP contribution is -2.62. The summed E-state index contributed by atoms with van der Waals surface area (Å²) in [6.07, 6.45) is 9.34. The van der Waals surface area contributed by atoms with Gasteiger partial charge in [-0.1, -0.05) is 12.1 Å². The maximum absolute atomic E-state index is 13.3. The highest BCUT2D eigenvalue weighted by Gasteiger charge is 2.52. The molecule has 1 aliphatic heterocycles. The van der Waals surface area contributed by atoms with Crippen LogP contribution in [0.1, 0.15) is 56.9 Å². The summed E-state index contributed by atoms with van der Waals surface area (Å²) in [5.41, 5.74) is 7.11. The Bertz CT molecular complexity index is 786. The molecular weight excluding hydrogens is 378 g/mol. The van der Waals surface area contributed by atoms with Gasteiger partial charge in [0, 0.05) is 12.1 Å². The lowest BCUT2D eigenvalue weighted by atomic mass is 9.53. The monoisotopic (exact) mass is 411 g/mol. The largest absolute Gasteiger partial charge is 0.508 e. The number of hydrogen-bond acceptors (Lipinski definition) is 4. The quantitative estimate of drug-likeness (QED) is 0.693. The number of carbonyl (C=O) groups excluding carboxylic acids is 2. The number of nitrogens with two attached hydrogens (primary N) is 1. The Morgan fingerprint density at radius 1 is 1.10 bits per heavy atom. The maximum Gasteiger partial charge on any atom is 0.243 e. The van der Waals surface area contributed by atoms with Crippen molar-refractivity contribution in [2.75, 3.05) is 6.54 Å². The number of nitrogens with zero attached hydrogens (tertiary/aromatic N) is 1. The van der Waals surface area contributed by atoms with Crippen molar-refractivity contribution in [3.05, 3.63) is 29.8 Å². The topological polar surface area (TPSA) is 95.7 Å². The maximum atomic E-state index is 13.3. The number of nitrogens with one attached hydrogen (secondary N) is 1. The van der Waals surface area contributed by atoms with Crippen molar-refractivity contribution in [1.29, 1.82) is 0 Å². The second-order valence-corrected chi connectivity index (χ2v) is 10.4. The second-order valence-electron chi connectivity index (χ2n) is 10.4. The van der Waals surface area contributed by atoms with E-state index in [1.807, 2.05) is 0 Å². The van der Waals surface area contributed by atoms with Crippen LogP contribution in [0.15, 0.2) is 24.3 Å². The fraction of sp³-hybridized carbons (Fsp3) is 0.667. The van der Waals surface area contributed by atoms with Crippen molar-refractivity contribution in [3.63, 3.8) is 0 Å². The minimum Gasteiger partial charge on any atom is -0.508 e. The summed E-state index contributed by atoms with van der Waals surface area (Å²) in [7, 11) is 0. The van der Waals surface area contributed by atoms with Gasteiger partial charge in [0.25, 0.3) is 0 Å². The van der Waals surface area contributed by atoms with Crippen molar-refractivity contribution in [1.82, 2.24) is 10.2 Å². The zero-order chi connectivity index (χ0) is 20.9. The van der Waals surface area contributed by atoms with Crippen molar-refractivity contribution in [3.8, 4) is 5.75 Å². The molecule has 0 radical (unpaired) electrons. The van der Waals surface area contributed by atoms with Gasteiger partial charge in [0.05, 0.1) is 6.04 Å². The number of rotatable bonds is 5. The minimum absolute atomic E-state index is 0.0274. The molecule has 0 unspecified atom stereocenters. The van der Waals surface area contributed by atoms with Crippen LogP contribution in [0.25, 0.3) is 0 Å². The molecule has 0 spiro atoms. The van der Waals surface area contributed by atoms with Crippen molar-refractivity contribution < 1.29 is 14.7 Å². The Morgan fingerprint density at radius 3 is 2.30 bits per heavy atom. The molecule has 4 N–H and O–H groups in total. The van der Waals surface area contributed by atoms with Crippen molar-refractivity contribution in [2.45, 2.75) is 75.4 Å². The summed E-state index contributed by atoms with van der Waals surface area (Å²) in [6, 6.07) is 5.69. The molecule has 5 fully saturated rings. The Morgan fingerprint density at radius 2 is 1.70 bits per heavy atom. The van der Waals surface area contributed by atoms with E-state index < -0.39 is 12.1 Å². The van der Waals surface area contributed by atoms with Crippen molar-refractivity contribution in [2.24, 2.45) is 23.5 Å². The van der Waals surface area contributed by atoms with Crippen LogP contribution in [0.3, 0.4) is 0 Å². The van der Waals surface area contributed by atoms with Gasteiger partial charge < -0.3 is 21.1 Å². The van der Waals surface area contributed by atoms with Gasteiger partial charge in [-0.25, -0.2) is 0 Å². The van der Waals surface area contributed by atoms with Gasteiger partial charge in [0.2, 0.25) is 11.8 Å². The van der Waals surface area contributed by atoms with E-state index in [9.17, 15) is 14.7 Å². The molecule has 2 atom stereocenters. The summed E-state index contributed by atoms with van der Waals surface area (Å²) in [6.45, 7) is 0.598. The Hall–Kier alpha value is -2.08. The zero-order valence-electron chi connectivity index (χ0n) is 17.6. The number of phenols is 1. The first-order valence-corrected chi connectivity index (χ1v) is 11.6. The number of carbonyl (C=O) groups is 2. The molecule has 0 aromatic heterocycles. The fourth-order valence-electron chi connectivity index (χ4n) is 7.10. The van der Waals surface area contributed by atoms with Crippen LogP contribution < -0.4 is 11.1 Å². The first-order chi connectivity index (χ1) is 14.4. The average molecular weight is 412 g/mol. The van der Waals surface area contributed by atoms with Crippen LogP contribution in [-0.2, 0) is 16.0 Å². The number of amides is 2. The van der Waals surface area contributed by atoms with E-state index in [1.54, 1.807) is 29.2 Å². The Labute approximate surface area is 178 Å². The van der Waals surface area contributed by atoms with E-state index in [0.717, 1.165) is 55.4 Å². The summed E-state index contributed by atoms with van der Waals surface area (Å²) in [4.78, 5) is 28.1. The summed E-state index contributed by atoms with van der Waals surface area (Å²) >= 11 is 0. The van der Waals surface area contributed by atoms with E-state index in [0.29, 0.717) is 13.0 Å². The number of phenolic OH excluding ortho intramolecular Hbond substituents is 1. The van der Waals surface area contributed by atoms with E-state index in [1.165, 1.54) is 19.3 Å². The third-order valence-corrected chi connectivity index (χ3v) is 7.97. The van der Waals surface area contributed by atoms with Gasteiger partial charge in [-0.15, -0.1) is 0 Å². The van der Waals surface area contributed by atoms with Crippen molar-refractivity contribution >= 4 is 11.8 Å². The Kier molecular flexibility index (Phi) is 5.00. The van der Waals surface area contributed by atoms with Gasteiger partial charge in [-0.2, -0.15) is 0 Å². The van der Waals surface area contributed by atoms with Crippen LogP contribution in [0, 0.1) is 17.8 Å². The van der Waals surface area contributed by atoms with Gasteiger partial charge >= 0.3 is 0 Å². The van der Waals surface area contributed by atoms with Crippen LogP contribution in [0.4, 0.5) is 0 Å². The minimum atomic E-state index is -0.678. The standard InChI is InChI=1S/C24H33N3O3/c25-20(11-15-3-5-19(28)6-4-15)23(30)27-7-1-2-21(27)22(29)26-24-12-16-8-17(13-24)10-18(9-16)14-24/h3-6,16-18,20-21,28H,1-2,7-14,25H2,(H,26,29)/t16?,17?,18?,20-,21+,24?/m0/s1. The highest BCUT2D eigenvalue weighted by atomic mass is 16.3. The first-order valence-electron chi connectivity index (χ1n) is 11.6. The second kappa shape index (κ2) is 7.56. The molecule has 4 saturated carbocycles. The third-order valence-electron chi connectivity index (χ3n) is 7.97. The summed E-state index contributed by atoms with van der Waals surface area (Å²) < 4.78 is 0. The highest BCUT2D eigenvalue weighted by molar-refractivity contribution is 5.90. The Balaban J connectivity index is 1.23. The molecule has 6 rings (SSSR count). The number of aromatic hydroxyl groups is 1. The third kappa shape index (κ3) is 3.70. The molecule has 6 heteroatoms. The lowest BCUT2D eigenvalue weighted by Gasteiger charge is -2.57. The summed E-state index contributed by atoms with van der Waals surface area (Å²) in [5, 5.41) is 12.9. The van der Waals surface area contributed by atoms with Gasteiger partial charge in [0.15, 0.2) is 0 Å². The predicted molar refractivity (Wildman–Crippen MR) is 114 cm³/mol. The van der Waals surface area contributed by atoms with Gasteiger partial charge in [-0.3, -0.25) is 9.59 Å². The first kappa shape index (κ1) is 19.9. The zero-order valence-corrected chi connectivity index (χ0v) is 17.6.